The maximum atomic E-state index is 13.6. The van der Waals surface area contributed by atoms with E-state index in [1.54, 1.807) is 30.3 Å². The summed E-state index contributed by atoms with van der Waals surface area (Å²) in [6.07, 6.45) is -4.76. The maximum absolute atomic E-state index is 13.6. The lowest BCUT2D eigenvalue weighted by Gasteiger charge is -2.09. The number of benzene rings is 2. The van der Waals surface area contributed by atoms with Gasteiger partial charge in [0.05, 0.1) is 22.3 Å². The predicted octanol–water partition coefficient (Wildman–Crippen LogP) is 4.54. The quantitative estimate of drug-likeness (QED) is 0.525. The van der Waals surface area contributed by atoms with E-state index in [0.29, 0.717) is 11.3 Å². The highest BCUT2D eigenvalue weighted by atomic mass is 19.4. The number of aromatic nitrogens is 3. The third-order valence-corrected chi connectivity index (χ3v) is 4.11. The summed E-state index contributed by atoms with van der Waals surface area (Å²) in [6, 6.07) is 14.0. The molecule has 0 aliphatic rings. The average molecular weight is 373 g/mol. The standard InChI is InChI=1S/C19H11F4N3O/c20-12-8-6-11(7-9-12)15-10-14(19(21,22)23)16-17(24-15)25-26(18(16)27)13-4-2-1-3-5-13/h1-10H,(H,24,25). The zero-order valence-electron chi connectivity index (χ0n) is 13.6. The molecule has 0 radical (unpaired) electrons. The molecule has 0 saturated heterocycles. The molecule has 1 N–H and O–H groups in total. The second kappa shape index (κ2) is 6.08. The van der Waals surface area contributed by atoms with Crippen molar-refractivity contribution < 1.29 is 17.6 Å². The number of pyridine rings is 1. The van der Waals surface area contributed by atoms with Gasteiger partial charge in [-0.3, -0.25) is 9.89 Å². The van der Waals surface area contributed by atoms with Crippen LogP contribution in [0.15, 0.2) is 65.5 Å². The van der Waals surface area contributed by atoms with Gasteiger partial charge in [0.1, 0.15) is 5.82 Å². The van der Waals surface area contributed by atoms with Crippen molar-refractivity contribution in [1.29, 1.82) is 0 Å². The van der Waals surface area contributed by atoms with E-state index in [-0.39, 0.29) is 11.3 Å². The molecular weight excluding hydrogens is 362 g/mol. The molecule has 0 saturated carbocycles. The molecule has 0 unspecified atom stereocenters. The molecule has 0 bridgehead atoms. The fourth-order valence-electron chi connectivity index (χ4n) is 2.86. The van der Waals surface area contributed by atoms with Crippen LogP contribution in [0.5, 0.6) is 0 Å². The second-order valence-electron chi connectivity index (χ2n) is 5.87. The third-order valence-electron chi connectivity index (χ3n) is 4.11. The zero-order chi connectivity index (χ0) is 19.2. The molecule has 2 aromatic carbocycles. The zero-order valence-corrected chi connectivity index (χ0v) is 13.6. The monoisotopic (exact) mass is 373 g/mol. The Morgan fingerprint density at radius 1 is 0.963 bits per heavy atom. The van der Waals surface area contributed by atoms with Gasteiger partial charge in [-0.15, -0.1) is 0 Å². The van der Waals surface area contributed by atoms with Crippen molar-refractivity contribution in [2.24, 2.45) is 0 Å². The normalized spacial score (nSPS) is 11.9. The Morgan fingerprint density at radius 3 is 2.26 bits per heavy atom. The minimum atomic E-state index is -4.76. The highest BCUT2D eigenvalue weighted by molar-refractivity contribution is 5.83. The highest BCUT2D eigenvalue weighted by Crippen LogP contribution is 2.35. The molecule has 4 aromatic rings. The number of halogens is 4. The molecule has 0 aliphatic carbocycles. The fraction of sp³-hybridized carbons (Fsp3) is 0.0526. The van der Waals surface area contributed by atoms with Crippen LogP contribution in [-0.2, 0) is 6.18 Å². The molecule has 27 heavy (non-hydrogen) atoms. The van der Waals surface area contributed by atoms with E-state index in [1.165, 1.54) is 12.1 Å². The van der Waals surface area contributed by atoms with Gasteiger partial charge >= 0.3 is 6.18 Å². The number of hydrogen-bond donors (Lipinski definition) is 1. The molecule has 0 aliphatic heterocycles. The Labute approximate surface area is 149 Å². The van der Waals surface area contributed by atoms with Gasteiger partial charge in [-0.1, -0.05) is 18.2 Å². The number of rotatable bonds is 2. The number of hydrogen-bond acceptors (Lipinski definition) is 2. The predicted molar refractivity (Wildman–Crippen MR) is 92.1 cm³/mol. The summed E-state index contributed by atoms with van der Waals surface area (Å²) in [7, 11) is 0. The second-order valence-corrected chi connectivity index (χ2v) is 5.87. The topological polar surface area (TPSA) is 50.7 Å². The average Bonchev–Trinajstić information content (AvgIpc) is 2.98. The highest BCUT2D eigenvalue weighted by Gasteiger charge is 2.36. The van der Waals surface area contributed by atoms with Gasteiger partial charge in [0.25, 0.3) is 5.56 Å². The Bertz CT molecular complexity index is 1180. The van der Waals surface area contributed by atoms with Crippen LogP contribution in [-0.4, -0.2) is 14.8 Å². The van der Waals surface area contributed by atoms with Crippen LogP contribution in [0.1, 0.15) is 5.56 Å². The molecule has 4 nitrogen and oxygen atoms in total. The summed E-state index contributed by atoms with van der Waals surface area (Å²) in [6.45, 7) is 0. The van der Waals surface area contributed by atoms with Crippen molar-refractivity contribution in [1.82, 2.24) is 14.8 Å². The van der Waals surface area contributed by atoms with Gasteiger partial charge in [0.15, 0.2) is 5.65 Å². The van der Waals surface area contributed by atoms with Gasteiger partial charge in [-0.05, 0) is 42.5 Å². The summed E-state index contributed by atoms with van der Waals surface area (Å²) in [5.41, 5.74) is -1.47. The first-order chi connectivity index (χ1) is 12.8. The van der Waals surface area contributed by atoms with Crippen LogP contribution < -0.4 is 5.56 Å². The van der Waals surface area contributed by atoms with Crippen molar-refractivity contribution in [2.45, 2.75) is 6.18 Å². The molecule has 8 heteroatoms. The Morgan fingerprint density at radius 2 is 1.63 bits per heavy atom. The number of fused-ring (bicyclic) bond motifs is 1. The fourth-order valence-corrected chi connectivity index (χ4v) is 2.86. The smallest absolute Gasteiger partial charge is 0.274 e. The summed E-state index contributed by atoms with van der Waals surface area (Å²) < 4.78 is 55.0. The van der Waals surface area contributed by atoms with Crippen LogP contribution >= 0.6 is 0 Å². The molecule has 136 valence electrons. The van der Waals surface area contributed by atoms with Crippen molar-refractivity contribution in [3.05, 3.63) is 82.4 Å². The first kappa shape index (κ1) is 17.0. The molecular formula is C19H11F4N3O. The summed E-state index contributed by atoms with van der Waals surface area (Å²) in [5, 5.41) is 2.09. The van der Waals surface area contributed by atoms with Crippen LogP contribution in [0.3, 0.4) is 0 Å². The van der Waals surface area contributed by atoms with Crippen molar-refractivity contribution in [3.8, 4) is 16.9 Å². The van der Waals surface area contributed by atoms with E-state index in [9.17, 15) is 22.4 Å². The minimum absolute atomic E-state index is 0.0173. The first-order valence-corrected chi connectivity index (χ1v) is 7.89. The molecule has 0 fully saturated rings. The lowest BCUT2D eigenvalue weighted by molar-refractivity contribution is -0.136. The van der Waals surface area contributed by atoms with Crippen LogP contribution in [0.2, 0.25) is 0 Å². The lowest BCUT2D eigenvalue weighted by atomic mass is 10.1. The van der Waals surface area contributed by atoms with Crippen molar-refractivity contribution in [3.63, 3.8) is 0 Å². The summed E-state index contributed by atoms with van der Waals surface area (Å²) >= 11 is 0. The molecule has 4 rings (SSSR count). The van der Waals surface area contributed by atoms with E-state index in [2.05, 4.69) is 10.1 Å². The number of nitrogens with one attached hydrogen (secondary N) is 1. The number of para-hydroxylation sites is 1. The van der Waals surface area contributed by atoms with E-state index < -0.39 is 28.5 Å². The van der Waals surface area contributed by atoms with Gasteiger partial charge < -0.3 is 0 Å². The van der Waals surface area contributed by atoms with Crippen molar-refractivity contribution >= 4 is 11.0 Å². The van der Waals surface area contributed by atoms with Gasteiger partial charge in [0.2, 0.25) is 0 Å². The third kappa shape index (κ3) is 2.99. The molecule has 0 amide bonds. The van der Waals surface area contributed by atoms with E-state index in [1.807, 2.05) is 0 Å². The minimum Gasteiger partial charge on any atom is -0.274 e. The Balaban J connectivity index is 2.02. The number of aromatic amines is 1. The molecule has 0 spiro atoms. The van der Waals surface area contributed by atoms with Gasteiger partial charge in [-0.25, -0.2) is 14.1 Å². The van der Waals surface area contributed by atoms with Crippen LogP contribution in [0, 0.1) is 5.82 Å². The number of H-pyrrole nitrogens is 1. The largest absolute Gasteiger partial charge is 0.417 e. The first-order valence-electron chi connectivity index (χ1n) is 7.89. The van der Waals surface area contributed by atoms with E-state index in [0.717, 1.165) is 22.9 Å². The van der Waals surface area contributed by atoms with Crippen molar-refractivity contribution in [2.75, 3.05) is 0 Å². The summed E-state index contributed by atoms with van der Waals surface area (Å²) in [5.74, 6) is -0.514. The van der Waals surface area contributed by atoms with Gasteiger partial charge in [0, 0.05) is 5.56 Å². The van der Waals surface area contributed by atoms with E-state index in [4.69, 9.17) is 0 Å². The lowest BCUT2D eigenvalue weighted by Crippen LogP contribution is -2.17. The van der Waals surface area contributed by atoms with Crippen LogP contribution in [0.25, 0.3) is 28.0 Å². The maximum Gasteiger partial charge on any atom is 0.417 e. The summed E-state index contributed by atoms with van der Waals surface area (Å²) in [4.78, 5) is 16.8. The van der Waals surface area contributed by atoms with Crippen LogP contribution in [0.4, 0.5) is 17.6 Å². The molecule has 0 atom stereocenters. The Kier molecular flexibility index (Phi) is 3.83. The molecule has 2 heterocycles. The van der Waals surface area contributed by atoms with Gasteiger partial charge in [-0.2, -0.15) is 13.2 Å². The molecule has 2 aromatic heterocycles. The SMILES string of the molecule is O=c1c2c(C(F)(F)F)cc(-c3ccc(F)cc3)nc2[nH]n1-c1ccccc1. The number of nitrogens with zero attached hydrogens (tertiary/aromatic N) is 2. The van der Waals surface area contributed by atoms with E-state index >= 15 is 0 Å². The number of alkyl halides is 3. The Hall–Kier alpha value is -3.42.